The summed E-state index contributed by atoms with van der Waals surface area (Å²) in [6.45, 7) is 3.96. The fraction of sp³-hybridized carbons (Fsp3) is 0.200. The predicted octanol–water partition coefficient (Wildman–Crippen LogP) is 3.44. The molecule has 0 aliphatic carbocycles. The van der Waals surface area contributed by atoms with Crippen molar-refractivity contribution in [2.75, 3.05) is 0 Å². The molecule has 0 saturated carbocycles. The third-order valence-electron chi connectivity index (χ3n) is 3.14. The lowest BCUT2D eigenvalue weighted by Gasteiger charge is -2.11. The van der Waals surface area contributed by atoms with Gasteiger partial charge in [-0.3, -0.25) is 0 Å². The Morgan fingerprint density at radius 3 is 2.40 bits per heavy atom. The number of hydrogen-bond acceptors (Lipinski definition) is 2. The third-order valence-corrected chi connectivity index (χ3v) is 4.94. The Morgan fingerprint density at radius 1 is 1.05 bits per heavy atom. The van der Waals surface area contributed by atoms with Gasteiger partial charge in [0.25, 0.3) is 0 Å². The maximum absolute atomic E-state index is 12.3. The van der Waals surface area contributed by atoms with Crippen LogP contribution in [-0.4, -0.2) is 8.42 Å². The van der Waals surface area contributed by atoms with Crippen LogP contribution >= 0.6 is 11.6 Å². The van der Waals surface area contributed by atoms with E-state index in [1.165, 1.54) is 6.07 Å². The van der Waals surface area contributed by atoms with Crippen LogP contribution in [0.2, 0.25) is 5.02 Å². The van der Waals surface area contributed by atoms with Gasteiger partial charge in [-0.2, -0.15) is 0 Å². The van der Waals surface area contributed by atoms with Crippen molar-refractivity contribution in [2.45, 2.75) is 25.3 Å². The molecular formula is C15H16ClNO2S. The summed E-state index contributed by atoms with van der Waals surface area (Å²) in [5, 5.41) is 0.528. The van der Waals surface area contributed by atoms with Gasteiger partial charge in [-0.25, -0.2) is 13.1 Å². The van der Waals surface area contributed by atoms with Crippen LogP contribution in [0, 0.1) is 13.8 Å². The Hall–Kier alpha value is -1.36. The molecule has 0 heterocycles. The van der Waals surface area contributed by atoms with Crippen molar-refractivity contribution in [3.05, 3.63) is 64.2 Å². The Labute approximate surface area is 124 Å². The zero-order chi connectivity index (χ0) is 14.8. The highest BCUT2D eigenvalue weighted by atomic mass is 35.5. The smallest absolute Gasteiger partial charge is 0.207 e. The Morgan fingerprint density at radius 2 is 1.75 bits per heavy atom. The normalized spacial score (nSPS) is 11.6. The molecule has 0 aliphatic heterocycles. The molecule has 0 unspecified atom stereocenters. The van der Waals surface area contributed by atoms with E-state index in [4.69, 9.17) is 11.6 Å². The van der Waals surface area contributed by atoms with Gasteiger partial charge in [0.05, 0.1) is 4.90 Å². The van der Waals surface area contributed by atoms with Crippen LogP contribution in [0.15, 0.2) is 47.4 Å². The molecule has 0 aromatic heterocycles. The first-order valence-electron chi connectivity index (χ1n) is 6.20. The van der Waals surface area contributed by atoms with Crippen molar-refractivity contribution < 1.29 is 8.42 Å². The van der Waals surface area contributed by atoms with Crippen LogP contribution < -0.4 is 4.72 Å². The number of sulfonamides is 1. The molecule has 3 nitrogen and oxygen atoms in total. The molecule has 2 aromatic rings. The van der Waals surface area contributed by atoms with E-state index in [0.29, 0.717) is 10.6 Å². The number of halogens is 1. The van der Waals surface area contributed by atoms with Gasteiger partial charge in [-0.1, -0.05) is 35.9 Å². The average molecular weight is 310 g/mol. The molecule has 0 bridgehead atoms. The summed E-state index contributed by atoms with van der Waals surface area (Å²) >= 11 is 5.85. The van der Waals surface area contributed by atoms with E-state index < -0.39 is 10.0 Å². The highest BCUT2D eigenvalue weighted by Crippen LogP contribution is 2.20. The summed E-state index contributed by atoms with van der Waals surface area (Å²) in [4.78, 5) is 0.260. The molecule has 0 saturated heterocycles. The zero-order valence-corrected chi connectivity index (χ0v) is 12.9. The number of rotatable bonds is 4. The highest BCUT2D eigenvalue weighted by Gasteiger charge is 2.16. The molecule has 5 heteroatoms. The van der Waals surface area contributed by atoms with Crippen molar-refractivity contribution in [1.82, 2.24) is 4.72 Å². The summed E-state index contributed by atoms with van der Waals surface area (Å²) in [6.07, 6.45) is 0. The molecule has 0 aliphatic rings. The molecule has 0 amide bonds. The molecule has 1 N–H and O–H groups in total. The predicted molar refractivity (Wildman–Crippen MR) is 81.4 cm³/mol. The molecule has 20 heavy (non-hydrogen) atoms. The van der Waals surface area contributed by atoms with Crippen molar-refractivity contribution in [3.8, 4) is 0 Å². The molecule has 0 radical (unpaired) electrons. The number of aryl methyl sites for hydroxylation is 2. The quantitative estimate of drug-likeness (QED) is 0.940. The summed E-state index contributed by atoms with van der Waals surface area (Å²) in [5.41, 5.74) is 2.65. The SMILES string of the molecule is Cc1ccccc1CNS(=O)(=O)c1ccc(Cl)cc1C. The largest absolute Gasteiger partial charge is 0.241 e. The van der Waals surface area contributed by atoms with E-state index >= 15 is 0 Å². The van der Waals surface area contributed by atoms with E-state index in [2.05, 4.69) is 4.72 Å². The lowest BCUT2D eigenvalue weighted by atomic mass is 10.1. The fourth-order valence-electron chi connectivity index (χ4n) is 1.97. The Bertz CT molecular complexity index is 726. The Balaban J connectivity index is 2.22. The summed E-state index contributed by atoms with van der Waals surface area (Å²) in [7, 11) is -3.53. The molecule has 106 valence electrons. The van der Waals surface area contributed by atoms with E-state index in [-0.39, 0.29) is 11.4 Å². The average Bonchev–Trinajstić information content (AvgIpc) is 2.37. The van der Waals surface area contributed by atoms with Crippen molar-refractivity contribution in [3.63, 3.8) is 0 Å². The minimum absolute atomic E-state index is 0.260. The van der Waals surface area contributed by atoms with Gasteiger partial charge in [-0.15, -0.1) is 0 Å². The van der Waals surface area contributed by atoms with Crippen LogP contribution in [0.3, 0.4) is 0 Å². The first-order valence-corrected chi connectivity index (χ1v) is 8.06. The van der Waals surface area contributed by atoms with E-state index in [9.17, 15) is 8.42 Å². The first-order chi connectivity index (χ1) is 9.40. The second kappa shape index (κ2) is 5.95. The van der Waals surface area contributed by atoms with Crippen molar-refractivity contribution >= 4 is 21.6 Å². The molecule has 2 rings (SSSR count). The van der Waals surface area contributed by atoms with Gasteiger partial charge < -0.3 is 0 Å². The number of benzene rings is 2. The number of nitrogens with one attached hydrogen (secondary N) is 1. The summed E-state index contributed by atoms with van der Waals surface area (Å²) in [6, 6.07) is 12.4. The van der Waals surface area contributed by atoms with Gasteiger partial charge in [0, 0.05) is 11.6 Å². The van der Waals surface area contributed by atoms with Crippen LogP contribution in [0.4, 0.5) is 0 Å². The lowest BCUT2D eigenvalue weighted by Crippen LogP contribution is -2.24. The monoisotopic (exact) mass is 309 g/mol. The fourth-order valence-corrected chi connectivity index (χ4v) is 3.43. The van der Waals surface area contributed by atoms with E-state index in [1.54, 1.807) is 19.1 Å². The Kier molecular flexibility index (Phi) is 4.48. The topological polar surface area (TPSA) is 46.2 Å². The second-order valence-electron chi connectivity index (χ2n) is 4.66. The van der Waals surface area contributed by atoms with Gasteiger partial charge in [-0.05, 0) is 48.7 Å². The van der Waals surface area contributed by atoms with Gasteiger partial charge in [0.2, 0.25) is 10.0 Å². The molecule has 0 fully saturated rings. The number of hydrogen-bond donors (Lipinski definition) is 1. The van der Waals surface area contributed by atoms with Gasteiger partial charge in [0.15, 0.2) is 0 Å². The van der Waals surface area contributed by atoms with Crippen LogP contribution in [0.25, 0.3) is 0 Å². The van der Waals surface area contributed by atoms with Gasteiger partial charge in [0.1, 0.15) is 0 Å². The van der Waals surface area contributed by atoms with E-state index in [1.807, 2.05) is 31.2 Å². The molecule has 0 atom stereocenters. The highest BCUT2D eigenvalue weighted by molar-refractivity contribution is 7.89. The summed E-state index contributed by atoms with van der Waals surface area (Å²) < 4.78 is 27.2. The molecule has 2 aromatic carbocycles. The second-order valence-corrected chi connectivity index (χ2v) is 6.83. The lowest BCUT2D eigenvalue weighted by molar-refractivity contribution is 0.580. The molecule has 0 spiro atoms. The molecular weight excluding hydrogens is 294 g/mol. The third kappa shape index (κ3) is 3.39. The summed E-state index contributed by atoms with van der Waals surface area (Å²) in [5.74, 6) is 0. The maximum atomic E-state index is 12.3. The van der Waals surface area contributed by atoms with Crippen molar-refractivity contribution in [2.24, 2.45) is 0 Å². The minimum Gasteiger partial charge on any atom is -0.207 e. The van der Waals surface area contributed by atoms with Crippen LogP contribution in [-0.2, 0) is 16.6 Å². The van der Waals surface area contributed by atoms with E-state index in [0.717, 1.165) is 11.1 Å². The van der Waals surface area contributed by atoms with Crippen LogP contribution in [0.1, 0.15) is 16.7 Å². The maximum Gasteiger partial charge on any atom is 0.241 e. The zero-order valence-electron chi connectivity index (χ0n) is 11.4. The van der Waals surface area contributed by atoms with Crippen LogP contribution in [0.5, 0.6) is 0 Å². The van der Waals surface area contributed by atoms with Crippen molar-refractivity contribution in [1.29, 1.82) is 0 Å². The minimum atomic E-state index is -3.53. The standard InChI is InChI=1S/C15H16ClNO2S/c1-11-5-3-4-6-13(11)10-17-20(18,19)15-8-7-14(16)9-12(15)2/h3-9,17H,10H2,1-2H3. The van der Waals surface area contributed by atoms with Gasteiger partial charge >= 0.3 is 0 Å². The first kappa shape index (κ1) is 15.0.